The van der Waals surface area contributed by atoms with E-state index >= 15 is 0 Å². The van der Waals surface area contributed by atoms with Crippen LogP contribution in [0.5, 0.6) is 11.5 Å². The molecule has 134 valence electrons. The average Bonchev–Trinajstić information content (AvgIpc) is 2.76. The lowest BCUT2D eigenvalue weighted by Gasteiger charge is -2.03. The van der Waals surface area contributed by atoms with Gasteiger partial charge in [-0.2, -0.15) is 0 Å². The molecule has 0 radical (unpaired) electrons. The second-order valence-electron chi connectivity index (χ2n) is 6.20. The third kappa shape index (κ3) is 6.83. The molecule has 0 amide bonds. The van der Waals surface area contributed by atoms with E-state index in [1.807, 2.05) is 60.7 Å². The zero-order valence-electron chi connectivity index (χ0n) is 15.4. The fraction of sp³-hybridized carbons (Fsp3) is 0.0769. The molecule has 0 aromatic heterocycles. The van der Waals surface area contributed by atoms with Crippen LogP contribution in [0.3, 0.4) is 0 Å². The zero-order valence-corrected chi connectivity index (χ0v) is 15.4. The minimum atomic E-state index is 0.869. The number of hydrogen-bond acceptors (Lipinski definition) is 1. The molecule has 0 saturated heterocycles. The molecule has 4 rings (SSSR count). The Morgan fingerprint density at radius 3 is 1.00 bits per heavy atom. The standard InChI is InChI=1S/C14H14.C12H10O/c1-3-7-13(8-4-1)11-12-14-9-5-2-6-10-14;1-3-7-11(8-4-1)13-12-9-5-2-6-10-12/h1-10H,11-12H2;1-10H. The summed E-state index contributed by atoms with van der Waals surface area (Å²) < 4.78 is 5.58. The van der Waals surface area contributed by atoms with Crippen molar-refractivity contribution in [1.82, 2.24) is 0 Å². The van der Waals surface area contributed by atoms with Crippen LogP contribution in [0.15, 0.2) is 121 Å². The lowest BCUT2D eigenvalue weighted by atomic mass is 10.0. The van der Waals surface area contributed by atoms with E-state index in [1.165, 1.54) is 11.1 Å². The van der Waals surface area contributed by atoms with Crippen LogP contribution >= 0.6 is 0 Å². The van der Waals surface area contributed by atoms with Gasteiger partial charge in [-0.1, -0.05) is 97.1 Å². The highest BCUT2D eigenvalue weighted by Gasteiger charge is 1.94. The molecule has 0 aliphatic heterocycles. The molecule has 1 heteroatoms. The molecule has 0 spiro atoms. The molecule has 0 saturated carbocycles. The maximum absolute atomic E-state index is 5.58. The van der Waals surface area contributed by atoms with Crippen LogP contribution in [0, 0.1) is 0 Å². The molecule has 4 aromatic rings. The van der Waals surface area contributed by atoms with Crippen LogP contribution in [-0.4, -0.2) is 0 Å². The summed E-state index contributed by atoms with van der Waals surface area (Å²) in [4.78, 5) is 0. The van der Waals surface area contributed by atoms with Crippen molar-refractivity contribution in [3.63, 3.8) is 0 Å². The summed E-state index contributed by atoms with van der Waals surface area (Å²) >= 11 is 0. The highest BCUT2D eigenvalue weighted by Crippen LogP contribution is 2.19. The Morgan fingerprint density at radius 2 is 0.667 bits per heavy atom. The highest BCUT2D eigenvalue weighted by molar-refractivity contribution is 5.30. The first-order chi connectivity index (χ1) is 13.4. The Balaban J connectivity index is 0.000000156. The van der Waals surface area contributed by atoms with Crippen LogP contribution in [0.1, 0.15) is 11.1 Å². The summed E-state index contributed by atoms with van der Waals surface area (Å²) in [6, 6.07) is 40.8. The van der Waals surface area contributed by atoms with E-state index in [0.29, 0.717) is 0 Å². The first-order valence-electron chi connectivity index (χ1n) is 9.26. The number of para-hydroxylation sites is 2. The van der Waals surface area contributed by atoms with Crippen molar-refractivity contribution in [3.05, 3.63) is 132 Å². The van der Waals surface area contributed by atoms with E-state index in [-0.39, 0.29) is 0 Å². The Bertz CT molecular complexity index is 795. The molecule has 0 N–H and O–H groups in total. The van der Waals surface area contributed by atoms with Gasteiger partial charge in [-0.05, 0) is 48.2 Å². The van der Waals surface area contributed by atoms with Crippen molar-refractivity contribution in [3.8, 4) is 11.5 Å². The Morgan fingerprint density at radius 1 is 0.370 bits per heavy atom. The third-order valence-electron chi connectivity index (χ3n) is 4.11. The average molecular weight is 352 g/mol. The minimum absolute atomic E-state index is 0.869. The number of ether oxygens (including phenoxy) is 1. The smallest absolute Gasteiger partial charge is 0.127 e. The highest BCUT2D eigenvalue weighted by atomic mass is 16.5. The van der Waals surface area contributed by atoms with Crippen LogP contribution in [0.25, 0.3) is 0 Å². The van der Waals surface area contributed by atoms with Gasteiger partial charge in [0.1, 0.15) is 11.5 Å². The van der Waals surface area contributed by atoms with Gasteiger partial charge < -0.3 is 4.74 Å². The van der Waals surface area contributed by atoms with Crippen molar-refractivity contribution in [2.75, 3.05) is 0 Å². The number of rotatable bonds is 5. The predicted molar refractivity (Wildman–Crippen MR) is 113 cm³/mol. The molecular formula is C26H24O. The minimum Gasteiger partial charge on any atom is -0.457 e. The van der Waals surface area contributed by atoms with Gasteiger partial charge in [0.05, 0.1) is 0 Å². The fourth-order valence-electron chi connectivity index (χ4n) is 2.69. The lowest BCUT2D eigenvalue weighted by Crippen LogP contribution is -1.89. The largest absolute Gasteiger partial charge is 0.457 e. The van der Waals surface area contributed by atoms with Gasteiger partial charge in [0, 0.05) is 0 Å². The topological polar surface area (TPSA) is 9.23 Å². The molecule has 0 aliphatic carbocycles. The Labute approximate surface area is 161 Å². The normalized spacial score (nSPS) is 9.78. The summed E-state index contributed by atoms with van der Waals surface area (Å²) in [7, 11) is 0. The monoisotopic (exact) mass is 352 g/mol. The molecule has 0 aliphatic rings. The maximum atomic E-state index is 5.58. The van der Waals surface area contributed by atoms with Gasteiger partial charge in [-0.3, -0.25) is 0 Å². The first kappa shape index (κ1) is 18.5. The zero-order chi connectivity index (χ0) is 18.6. The van der Waals surface area contributed by atoms with E-state index in [9.17, 15) is 0 Å². The Hall–Kier alpha value is -3.32. The van der Waals surface area contributed by atoms with Crippen molar-refractivity contribution < 1.29 is 4.74 Å². The van der Waals surface area contributed by atoms with Crippen molar-refractivity contribution >= 4 is 0 Å². The van der Waals surface area contributed by atoms with Gasteiger partial charge in [0.2, 0.25) is 0 Å². The molecule has 0 bridgehead atoms. The van der Waals surface area contributed by atoms with Crippen molar-refractivity contribution in [2.24, 2.45) is 0 Å². The molecule has 0 atom stereocenters. The summed E-state index contributed by atoms with van der Waals surface area (Å²) in [5.74, 6) is 1.74. The first-order valence-corrected chi connectivity index (χ1v) is 9.26. The predicted octanol–water partition coefficient (Wildman–Crippen LogP) is 6.95. The van der Waals surface area contributed by atoms with Crippen molar-refractivity contribution in [1.29, 1.82) is 0 Å². The molecule has 0 unspecified atom stereocenters. The van der Waals surface area contributed by atoms with Gasteiger partial charge in [0.15, 0.2) is 0 Å². The number of hydrogen-bond donors (Lipinski definition) is 0. The van der Waals surface area contributed by atoms with E-state index in [2.05, 4.69) is 60.7 Å². The summed E-state index contributed by atoms with van der Waals surface area (Å²) in [5.41, 5.74) is 2.83. The van der Waals surface area contributed by atoms with Gasteiger partial charge in [0.25, 0.3) is 0 Å². The van der Waals surface area contributed by atoms with Gasteiger partial charge in [-0.15, -0.1) is 0 Å². The maximum Gasteiger partial charge on any atom is 0.127 e. The van der Waals surface area contributed by atoms with Crippen LogP contribution < -0.4 is 4.74 Å². The molecule has 1 nitrogen and oxygen atoms in total. The second kappa shape index (κ2) is 10.6. The van der Waals surface area contributed by atoms with Crippen LogP contribution in [0.2, 0.25) is 0 Å². The van der Waals surface area contributed by atoms with Crippen molar-refractivity contribution in [2.45, 2.75) is 12.8 Å². The number of benzene rings is 4. The number of aryl methyl sites for hydroxylation is 2. The molecule has 0 fully saturated rings. The molecule has 4 aromatic carbocycles. The van der Waals surface area contributed by atoms with E-state index in [4.69, 9.17) is 4.74 Å². The van der Waals surface area contributed by atoms with E-state index in [0.717, 1.165) is 24.3 Å². The molecule has 0 heterocycles. The molecular weight excluding hydrogens is 328 g/mol. The summed E-state index contributed by atoms with van der Waals surface area (Å²) in [6.07, 6.45) is 2.26. The van der Waals surface area contributed by atoms with E-state index in [1.54, 1.807) is 0 Å². The van der Waals surface area contributed by atoms with Gasteiger partial charge >= 0.3 is 0 Å². The lowest BCUT2D eigenvalue weighted by molar-refractivity contribution is 0.482. The SMILES string of the molecule is c1ccc(CCc2ccccc2)cc1.c1ccc(Oc2ccccc2)cc1. The van der Waals surface area contributed by atoms with Crippen LogP contribution in [0.4, 0.5) is 0 Å². The summed E-state index contributed by atoms with van der Waals surface area (Å²) in [6.45, 7) is 0. The quantitative estimate of drug-likeness (QED) is 0.377. The second-order valence-corrected chi connectivity index (χ2v) is 6.20. The van der Waals surface area contributed by atoms with Gasteiger partial charge in [-0.25, -0.2) is 0 Å². The fourth-order valence-corrected chi connectivity index (χ4v) is 2.69. The molecule has 27 heavy (non-hydrogen) atoms. The van der Waals surface area contributed by atoms with Crippen LogP contribution in [-0.2, 0) is 12.8 Å². The Kier molecular flexibility index (Phi) is 7.27. The van der Waals surface area contributed by atoms with E-state index < -0.39 is 0 Å². The third-order valence-corrected chi connectivity index (χ3v) is 4.11. The summed E-state index contributed by atoms with van der Waals surface area (Å²) in [5, 5.41) is 0.